The van der Waals surface area contributed by atoms with E-state index in [1.54, 1.807) is 12.1 Å². The molecule has 3 heterocycles. The molecular weight excluding hydrogens is 380 g/mol. The maximum atomic E-state index is 13.3. The average molecular weight is 390 g/mol. The second-order valence-corrected chi connectivity index (χ2v) is 5.74. The summed E-state index contributed by atoms with van der Waals surface area (Å²) in [7, 11) is 0. The van der Waals surface area contributed by atoms with Crippen LogP contribution < -0.4 is 0 Å². The van der Waals surface area contributed by atoms with Crippen molar-refractivity contribution in [2.75, 3.05) is 0 Å². The van der Waals surface area contributed by atoms with E-state index in [9.17, 15) is 17.6 Å². The smallest absolute Gasteiger partial charge is 0.314 e. The molecule has 3 aromatic heterocycles. The number of hydrogen-bond donors (Lipinski definition) is 0. The van der Waals surface area contributed by atoms with Crippen LogP contribution in [0, 0.1) is 11.6 Å². The third-order valence-electron chi connectivity index (χ3n) is 3.72. The number of hydrogen-bond acceptors (Lipinski definition) is 6. The van der Waals surface area contributed by atoms with Gasteiger partial charge in [-0.05, 0) is 24.3 Å². The number of halogens is 4. The molecule has 0 atom stereocenters. The van der Waals surface area contributed by atoms with E-state index in [0.29, 0.717) is 17.0 Å². The zero-order valence-corrected chi connectivity index (χ0v) is 13.9. The summed E-state index contributed by atoms with van der Waals surface area (Å²) in [6.07, 6.45) is 0.0794. The Hall–Kier alpha value is -3.63. The highest BCUT2D eigenvalue weighted by Crippen LogP contribution is 2.23. The predicted molar refractivity (Wildman–Crippen MR) is 87.0 cm³/mol. The number of aromatic nitrogens is 6. The molecule has 0 fully saturated rings. The van der Waals surface area contributed by atoms with Gasteiger partial charge in [0.15, 0.2) is 0 Å². The minimum absolute atomic E-state index is 0.0643. The van der Waals surface area contributed by atoms with Crippen molar-refractivity contribution < 1.29 is 22.0 Å². The Morgan fingerprint density at radius 3 is 2.39 bits per heavy atom. The molecule has 142 valence electrons. The molecule has 0 amide bonds. The summed E-state index contributed by atoms with van der Waals surface area (Å²) < 4.78 is 58.0. The summed E-state index contributed by atoms with van der Waals surface area (Å²) in [6, 6.07) is 6.30. The van der Waals surface area contributed by atoms with E-state index in [-0.39, 0.29) is 18.0 Å². The molecule has 0 saturated heterocycles. The lowest BCUT2D eigenvalue weighted by molar-refractivity contribution is 0.116. The molecule has 0 unspecified atom stereocenters. The van der Waals surface area contributed by atoms with Crippen LogP contribution in [0.15, 0.2) is 47.1 Å². The lowest BCUT2D eigenvalue weighted by Gasteiger charge is -2.01. The largest absolute Gasteiger partial charge is 0.415 e. The highest BCUT2D eigenvalue weighted by atomic mass is 19.3. The van der Waals surface area contributed by atoms with Gasteiger partial charge in [0.05, 0.1) is 24.0 Å². The van der Waals surface area contributed by atoms with Crippen molar-refractivity contribution in [3.63, 3.8) is 0 Å². The van der Waals surface area contributed by atoms with Crippen LogP contribution in [0.25, 0.3) is 22.7 Å². The number of nitrogens with zero attached hydrogens (tertiary/aromatic N) is 6. The van der Waals surface area contributed by atoms with E-state index in [1.165, 1.54) is 17.1 Å². The number of benzene rings is 1. The Morgan fingerprint density at radius 1 is 0.964 bits per heavy atom. The van der Waals surface area contributed by atoms with E-state index in [2.05, 4.69) is 25.5 Å². The molecule has 4 rings (SSSR count). The molecule has 0 bridgehead atoms. The van der Waals surface area contributed by atoms with Gasteiger partial charge in [0.1, 0.15) is 17.3 Å². The SMILES string of the molecule is Fc1cc(F)cc(-c2cn(Cc3ccc(-c4nnc(C(F)F)o4)cn3)nn2)c1. The zero-order chi connectivity index (χ0) is 19.7. The van der Waals surface area contributed by atoms with Crippen LogP contribution in [-0.2, 0) is 6.54 Å². The van der Waals surface area contributed by atoms with Crippen molar-refractivity contribution in [1.29, 1.82) is 0 Å². The highest BCUT2D eigenvalue weighted by molar-refractivity contribution is 5.57. The average Bonchev–Trinajstić information content (AvgIpc) is 3.31. The third kappa shape index (κ3) is 3.72. The molecule has 11 heteroatoms. The van der Waals surface area contributed by atoms with E-state index in [4.69, 9.17) is 4.42 Å². The van der Waals surface area contributed by atoms with E-state index >= 15 is 0 Å². The topological polar surface area (TPSA) is 82.5 Å². The van der Waals surface area contributed by atoms with Crippen LogP contribution in [0.5, 0.6) is 0 Å². The zero-order valence-electron chi connectivity index (χ0n) is 13.9. The molecule has 4 aromatic rings. The fourth-order valence-electron chi connectivity index (χ4n) is 2.46. The van der Waals surface area contributed by atoms with Crippen LogP contribution in [0.2, 0.25) is 0 Å². The van der Waals surface area contributed by atoms with E-state index in [1.807, 2.05) is 0 Å². The first-order chi connectivity index (χ1) is 13.5. The Morgan fingerprint density at radius 2 is 1.75 bits per heavy atom. The Labute approximate surface area is 154 Å². The molecule has 7 nitrogen and oxygen atoms in total. The Bertz CT molecular complexity index is 1090. The van der Waals surface area contributed by atoms with Gasteiger partial charge < -0.3 is 4.42 Å². The molecule has 28 heavy (non-hydrogen) atoms. The first-order valence-corrected chi connectivity index (χ1v) is 7.91. The third-order valence-corrected chi connectivity index (χ3v) is 3.72. The van der Waals surface area contributed by atoms with Gasteiger partial charge in [0, 0.05) is 17.8 Å². The Kier molecular flexibility index (Phi) is 4.55. The van der Waals surface area contributed by atoms with Crippen molar-refractivity contribution in [2.45, 2.75) is 13.0 Å². The molecule has 0 N–H and O–H groups in total. The van der Waals surface area contributed by atoms with Crippen LogP contribution in [0.4, 0.5) is 17.6 Å². The van der Waals surface area contributed by atoms with Crippen molar-refractivity contribution in [1.82, 2.24) is 30.2 Å². The van der Waals surface area contributed by atoms with Crippen molar-refractivity contribution >= 4 is 0 Å². The summed E-state index contributed by atoms with van der Waals surface area (Å²) in [6.45, 7) is 0.233. The second-order valence-electron chi connectivity index (χ2n) is 5.74. The van der Waals surface area contributed by atoms with Gasteiger partial charge in [0.2, 0.25) is 5.89 Å². The van der Waals surface area contributed by atoms with Crippen LogP contribution >= 0.6 is 0 Å². The summed E-state index contributed by atoms with van der Waals surface area (Å²) >= 11 is 0. The predicted octanol–water partition coefficient (Wildman–Crippen LogP) is 3.65. The maximum Gasteiger partial charge on any atom is 0.314 e. The normalized spacial score (nSPS) is 11.3. The molecule has 0 aliphatic heterocycles. The van der Waals surface area contributed by atoms with E-state index < -0.39 is 24.0 Å². The fourth-order valence-corrected chi connectivity index (χ4v) is 2.46. The molecule has 1 aromatic carbocycles. The number of pyridine rings is 1. The maximum absolute atomic E-state index is 13.3. The van der Waals surface area contributed by atoms with Gasteiger partial charge in [-0.1, -0.05) is 5.21 Å². The van der Waals surface area contributed by atoms with Gasteiger partial charge in [-0.15, -0.1) is 15.3 Å². The van der Waals surface area contributed by atoms with Gasteiger partial charge in [-0.2, -0.15) is 8.78 Å². The van der Waals surface area contributed by atoms with Crippen molar-refractivity contribution in [3.8, 4) is 22.7 Å². The molecular formula is C17H10F4N6O. The standard InChI is InChI=1S/C17H10F4N6O/c18-11-3-10(4-12(19)5-11)14-8-27(26-23-14)7-13-2-1-9(6-22-13)16-24-25-17(28-16)15(20)21/h1-6,8,15H,7H2. The summed E-state index contributed by atoms with van der Waals surface area (Å²) in [5.74, 6) is -2.25. The lowest BCUT2D eigenvalue weighted by Crippen LogP contribution is -2.02. The first-order valence-electron chi connectivity index (χ1n) is 7.91. The van der Waals surface area contributed by atoms with Gasteiger partial charge in [0.25, 0.3) is 5.89 Å². The molecule has 0 radical (unpaired) electrons. The first kappa shape index (κ1) is 17.8. The Balaban J connectivity index is 1.49. The molecule has 0 spiro atoms. The van der Waals surface area contributed by atoms with Crippen molar-refractivity contribution in [2.24, 2.45) is 0 Å². The number of rotatable bonds is 5. The summed E-state index contributed by atoms with van der Waals surface area (Å²) in [5, 5.41) is 14.6. The fraction of sp³-hybridized carbons (Fsp3) is 0.118. The van der Waals surface area contributed by atoms with E-state index in [0.717, 1.165) is 18.2 Å². The van der Waals surface area contributed by atoms with Crippen molar-refractivity contribution in [3.05, 3.63) is 65.9 Å². The minimum atomic E-state index is -2.85. The monoisotopic (exact) mass is 390 g/mol. The highest BCUT2D eigenvalue weighted by Gasteiger charge is 2.17. The second kappa shape index (κ2) is 7.18. The molecule has 0 saturated carbocycles. The molecule has 0 aliphatic rings. The number of alkyl halides is 2. The molecule has 0 aliphatic carbocycles. The quantitative estimate of drug-likeness (QED) is 0.484. The van der Waals surface area contributed by atoms with Crippen LogP contribution in [0.3, 0.4) is 0 Å². The summed E-state index contributed by atoms with van der Waals surface area (Å²) in [4.78, 5) is 4.19. The minimum Gasteiger partial charge on any atom is -0.415 e. The van der Waals surface area contributed by atoms with Gasteiger partial charge in [-0.3, -0.25) is 4.98 Å². The van der Waals surface area contributed by atoms with Crippen LogP contribution in [-0.4, -0.2) is 30.2 Å². The van der Waals surface area contributed by atoms with Crippen LogP contribution in [0.1, 0.15) is 18.0 Å². The lowest BCUT2D eigenvalue weighted by atomic mass is 10.1. The summed E-state index contributed by atoms with van der Waals surface area (Å²) in [5.41, 5.74) is 1.54. The van der Waals surface area contributed by atoms with Gasteiger partial charge >= 0.3 is 6.43 Å². The van der Waals surface area contributed by atoms with Gasteiger partial charge in [-0.25, -0.2) is 13.5 Å².